The maximum absolute atomic E-state index is 12.8. The molecule has 0 unspecified atom stereocenters. The van der Waals surface area contributed by atoms with Crippen LogP contribution in [0.15, 0.2) is 36.5 Å². The number of fused-ring (bicyclic) bond motifs is 1. The molecule has 122 valence electrons. The van der Waals surface area contributed by atoms with Crippen molar-refractivity contribution in [3.63, 3.8) is 0 Å². The maximum Gasteiger partial charge on any atom is 0.255 e. The van der Waals surface area contributed by atoms with Gasteiger partial charge in [0.15, 0.2) is 0 Å². The van der Waals surface area contributed by atoms with Crippen LogP contribution in [0, 0.1) is 0 Å². The van der Waals surface area contributed by atoms with Crippen molar-refractivity contribution in [2.45, 2.75) is 33.2 Å². The minimum atomic E-state index is -0.317. The molecule has 0 saturated heterocycles. The summed E-state index contributed by atoms with van der Waals surface area (Å²) in [6, 6.07) is 9.21. The number of pyridine rings is 1. The lowest BCUT2D eigenvalue weighted by atomic mass is 10.1. The molecule has 5 nitrogen and oxygen atoms in total. The summed E-state index contributed by atoms with van der Waals surface area (Å²) >= 11 is 0. The van der Waals surface area contributed by atoms with E-state index in [0.717, 1.165) is 10.9 Å². The van der Waals surface area contributed by atoms with Gasteiger partial charge in [0.2, 0.25) is 5.91 Å². The van der Waals surface area contributed by atoms with Gasteiger partial charge in [0, 0.05) is 23.7 Å². The van der Waals surface area contributed by atoms with Gasteiger partial charge in [-0.05, 0) is 39.8 Å². The molecule has 5 heteroatoms. The van der Waals surface area contributed by atoms with E-state index >= 15 is 0 Å². The summed E-state index contributed by atoms with van der Waals surface area (Å²) in [5.41, 5.74) is 1.03. The third-order valence-corrected chi connectivity index (χ3v) is 3.40. The van der Waals surface area contributed by atoms with Gasteiger partial charge in [-0.3, -0.25) is 14.6 Å². The second kappa shape index (κ2) is 6.77. The average Bonchev–Trinajstić information content (AvgIpc) is 2.49. The van der Waals surface area contributed by atoms with Crippen LogP contribution >= 0.6 is 0 Å². The van der Waals surface area contributed by atoms with Crippen LogP contribution < -0.4 is 5.32 Å². The van der Waals surface area contributed by atoms with Gasteiger partial charge in [-0.1, -0.05) is 18.2 Å². The molecule has 0 aliphatic heterocycles. The highest BCUT2D eigenvalue weighted by molar-refractivity contribution is 6.06. The first-order chi connectivity index (χ1) is 10.8. The highest BCUT2D eigenvalue weighted by Crippen LogP contribution is 2.18. The molecule has 2 rings (SSSR count). The number of hydrogen-bond donors (Lipinski definition) is 1. The molecule has 0 fully saturated rings. The van der Waals surface area contributed by atoms with Crippen LogP contribution in [0.4, 0.5) is 0 Å². The third-order valence-electron chi connectivity index (χ3n) is 3.40. The summed E-state index contributed by atoms with van der Waals surface area (Å²) < 4.78 is 0. The first-order valence-electron chi connectivity index (χ1n) is 7.76. The standard InChI is InChI=1S/C18H23N3O2/c1-5-21(12-16(22)20-18(2,3)4)17(23)14-10-11-19-15-9-7-6-8-13(14)15/h6-11H,5,12H2,1-4H3,(H,20,22). The topological polar surface area (TPSA) is 62.3 Å². The lowest BCUT2D eigenvalue weighted by molar-refractivity contribution is -0.123. The molecule has 2 amide bonds. The first-order valence-corrected chi connectivity index (χ1v) is 7.76. The number of para-hydroxylation sites is 1. The molecule has 1 aromatic carbocycles. The molecule has 2 aromatic rings. The number of carbonyl (C=O) groups excluding carboxylic acids is 2. The highest BCUT2D eigenvalue weighted by Gasteiger charge is 2.21. The predicted octanol–water partition coefficient (Wildman–Crippen LogP) is 2.61. The molecule has 0 aliphatic carbocycles. The minimum absolute atomic E-state index is 0.0449. The molecule has 0 radical (unpaired) electrons. The molecule has 1 heterocycles. The second-order valence-electron chi connectivity index (χ2n) is 6.49. The number of rotatable bonds is 4. The Hall–Kier alpha value is -2.43. The summed E-state index contributed by atoms with van der Waals surface area (Å²) in [4.78, 5) is 30.7. The summed E-state index contributed by atoms with van der Waals surface area (Å²) in [5, 5.41) is 3.68. The Bertz CT molecular complexity index is 714. The van der Waals surface area contributed by atoms with E-state index in [4.69, 9.17) is 0 Å². The Kier molecular flexibility index (Phi) is 4.98. The molecular formula is C18H23N3O2. The Balaban J connectivity index is 2.24. The fourth-order valence-electron chi connectivity index (χ4n) is 2.41. The van der Waals surface area contributed by atoms with Crippen molar-refractivity contribution >= 4 is 22.7 Å². The quantitative estimate of drug-likeness (QED) is 0.944. The number of nitrogens with zero attached hydrogens (tertiary/aromatic N) is 2. The molecule has 0 atom stereocenters. The minimum Gasteiger partial charge on any atom is -0.350 e. The van der Waals surface area contributed by atoms with Gasteiger partial charge < -0.3 is 10.2 Å². The molecule has 0 spiro atoms. The maximum atomic E-state index is 12.8. The third kappa shape index (κ3) is 4.28. The van der Waals surface area contributed by atoms with Crippen LogP contribution in [0.2, 0.25) is 0 Å². The van der Waals surface area contributed by atoms with Crippen molar-refractivity contribution in [3.05, 3.63) is 42.1 Å². The summed E-state index contributed by atoms with van der Waals surface area (Å²) in [7, 11) is 0. The largest absolute Gasteiger partial charge is 0.350 e. The van der Waals surface area contributed by atoms with Gasteiger partial charge in [0.05, 0.1) is 17.6 Å². The Labute approximate surface area is 136 Å². The molecule has 23 heavy (non-hydrogen) atoms. The normalized spacial score (nSPS) is 11.3. The smallest absolute Gasteiger partial charge is 0.255 e. The van der Waals surface area contributed by atoms with E-state index in [2.05, 4.69) is 10.3 Å². The number of hydrogen-bond acceptors (Lipinski definition) is 3. The van der Waals surface area contributed by atoms with E-state index in [9.17, 15) is 9.59 Å². The summed E-state index contributed by atoms with van der Waals surface area (Å²) in [5.74, 6) is -0.318. The molecule has 1 aromatic heterocycles. The van der Waals surface area contributed by atoms with Crippen molar-refractivity contribution in [2.75, 3.05) is 13.1 Å². The monoisotopic (exact) mass is 313 g/mol. The number of benzene rings is 1. The Morgan fingerprint density at radius 1 is 1.17 bits per heavy atom. The van der Waals surface area contributed by atoms with Crippen LogP contribution in [-0.2, 0) is 4.79 Å². The van der Waals surface area contributed by atoms with Gasteiger partial charge in [-0.15, -0.1) is 0 Å². The van der Waals surface area contributed by atoms with Gasteiger partial charge in [-0.2, -0.15) is 0 Å². The molecule has 0 saturated carbocycles. The van der Waals surface area contributed by atoms with E-state index in [1.54, 1.807) is 17.2 Å². The number of amides is 2. The van der Waals surface area contributed by atoms with Crippen molar-refractivity contribution in [1.29, 1.82) is 0 Å². The SMILES string of the molecule is CCN(CC(=O)NC(C)(C)C)C(=O)c1ccnc2ccccc12. The van der Waals surface area contributed by atoms with E-state index < -0.39 is 0 Å². The molecule has 0 aliphatic rings. The zero-order valence-corrected chi connectivity index (χ0v) is 14.1. The van der Waals surface area contributed by atoms with Crippen molar-refractivity contribution in [2.24, 2.45) is 0 Å². The number of aromatic nitrogens is 1. The van der Waals surface area contributed by atoms with Crippen LogP contribution in [0.25, 0.3) is 10.9 Å². The van der Waals surface area contributed by atoms with Crippen molar-refractivity contribution < 1.29 is 9.59 Å². The summed E-state index contributed by atoms with van der Waals surface area (Å²) in [6.45, 7) is 8.13. The predicted molar refractivity (Wildman–Crippen MR) is 91.2 cm³/mol. The fraction of sp³-hybridized carbons (Fsp3) is 0.389. The van der Waals surface area contributed by atoms with E-state index in [-0.39, 0.29) is 23.9 Å². The lowest BCUT2D eigenvalue weighted by Crippen LogP contribution is -2.47. The van der Waals surface area contributed by atoms with E-state index in [1.807, 2.05) is 52.0 Å². The lowest BCUT2D eigenvalue weighted by Gasteiger charge is -2.25. The number of nitrogens with one attached hydrogen (secondary N) is 1. The number of likely N-dealkylation sites (N-methyl/N-ethyl adjacent to an activating group) is 1. The molecule has 0 bridgehead atoms. The zero-order chi connectivity index (χ0) is 17.0. The van der Waals surface area contributed by atoms with Crippen LogP contribution in [0.3, 0.4) is 0 Å². The zero-order valence-electron chi connectivity index (χ0n) is 14.1. The second-order valence-corrected chi connectivity index (χ2v) is 6.49. The first kappa shape index (κ1) is 16.9. The summed E-state index contributed by atoms with van der Waals surface area (Å²) in [6.07, 6.45) is 1.62. The molecular weight excluding hydrogens is 290 g/mol. The van der Waals surface area contributed by atoms with Crippen LogP contribution in [0.5, 0.6) is 0 Å². The van der Waals surface area contributed by atoms with Crippen molar-refractivity contribution in [1.82, 2.24) is 15.2 Å². The van der Waals surface area contributed by atoms with Gasteiger partial charge in [0.1, 0.15) is 0 Å². The fourth-order valence-corrected chi connectivity index (χ4v) is 2.41. The number of carbonyl (C=O) groups is 2. The van der Waals surface area contributed by atoms with Crippen molar-refractivity contribution in [3.8, 4) is 0 Å². The van der Waals surface area contributed by atoms with Gasteiger partial charge >= 0.3 is 0 Å². The van der Waals surface area contributed by atoms with Crippen LogP contribution in [-0.4, -0.2) is 40.3 Å². The Morgan fingerprint density at radius 3 is 2.52 bits per heavy atom. The Morgan fingerprint density at radius 2 is 1.87 bits per heavy atom. The molecule has 1 N–H and O–H groups in total. The highest BCUT2D eigenvalue weighted by atomic mass is 16.2. The van der Waals surface area contributed by atoms with Gasteiger partial charge in [0.25, 0.3) is 5.91 Å². The van der Waals surface area contributed by atoms with Crippen LogP contribution in [0.1, 0.15) is 38.1 Å². The van der Waals surface area contributed by atoms with E-state index in [1.165, 1.54) is 0 Å². The average molecular weight is 313 g/mol. The van der Waals surface area contributed by atoms with E-state index in [0.29, 0.717) is 12.1 Å². The van der Waals surface area contributed by atoms with Gasteiger partial charge in [-0.25, -0.2) is 0 Å².